The van der Waals surface area contributed by atoms with Crippen LogP contribution in [0.15, 0.2) is 16.9 Å². The van der Waals surface area contributed by atoms with Crippen LogP contribution in [-0.2, 0) is 4.74 Å². The van der Waals surface area contributed by atoms with Gasteiger partial charge in [0.1, 0.15) is 0 Å². The van der Waals surface area contributed by atoms with E-state index in [-0.39, 0.29) is 6.10 Å². The molecule has 1 N–H and O–H groups in total. The van der Waals surface area contributed by atoms with Crippen molar-refractivity contribution >= 4 is 6.40 Å². The van der Waals surface area contributed by atoms with Crippen LogP contribution in [0.2, 0.25) is 0 Å². The van der Waals surface area contributed by atoms with Crippen LogP contribution >= 0.6 is 0 Å². The Morgan fingerprint density at radius 2 is 1.92 bits per heavy atom. The van der Waals surface area contributed by atoms with Crippen LogP contribution in [0.3, 0.4) is 0 Å². The fourth-order valence-electron chi connectivity index (χ4n) is 0.714. The van der Waals surface area contributed by atoms with Gasteiger partial charge in [-0.15, -0.1) is 0 Å². The SMILES string of the molecule is CN/C=C(\N=C\OC(C)C)C(C)C. The highest BCUT2D eigenvalue weighted by molar-refractivity contribution is 5.49. The summed E-state index contributed by atoms with van der Waals surface area (Å²) in [6.45, 7) is 8.14. The molecule has 13 heavy (non-hydrogen) atoms. The summed E-state index contributed by atoms with van der Waals surface area (Å²) in [4.78, 5) is 4.20. The largest absolute Gasteiger partial charge is 0.481 e. The molecule has 0 fully saturated rings. The minimum Gasteiger partial charge on any atom is -0.481 e. The van der Waals surface area contributed by atoms with E-state index in [9.17, 15) is 0 Å². The lowest BCUT2D eigenvalue weighted by molar-refractivity contribution is 0.241. The van der Waals surface area contributed by atoms with Crippen molar-refractivity contribution in [2.24, 2.45) is 10.9 Å². The summed E-state index contributed by atoms with van der Waals surface area (Å²) in [5.41, 5.74) is 0.989. The second-order valence-corrected chi connectivity index (χ2v) is 3.43. The van der Waals surface area contributed by atoms with Gasteiger partial charge in [-0.1, -0.05) is 13.8 Å². The lowest BCUT2D eigenvalue weighted by Gasteiger charge is -2.06. The Balaban J connectivity index is 4.10. The minimum atomic E-state index is 0.187. The Morgan fingerprint density at radius 3 is 2.31 bits per heavy atom. The molecule has 0 aromatic heterocycles. The van der Waals surface area contributed by atoms with Gasteiger partial charge in [0.25, 0.3) is 0 Å². The molecular weight excluding hydrogens is 164 g/mol. The molecule has 0 aliphatic heterocycles. The fraction of sp³-hybridized carbons (Fsp3) is 0.700. The first-order chi connectivity index (χ1) is 6.07. The first-order valence-electron chi connectivity index (χ1n) is 4.63. The molecular formula is C10H20N2O. The number of allylic oxidation sites excluding steroid dienone is 1. The maximum Gasteiger partial charge on any atom is 0.174 e. The van der Waals surface area contributed by atoms with Crippen LogP contribution < -0.4 is 5.32 Å². The molecule has 0 heterocycles. The zero-order valence-electron chi connectivity index (χ0n) is 9.16. The van der Waals surface area contributed by atoms with Gasteiger partial charge >= 0.3 is 0 Å². The van der Waals surface area contributed by atoms with Crippen molar-refractivity contribution < 1.29 is 4.74 Å². The molecule has 0 saturated carbocycles. The van der Waals surface area contributed by atoms with Crippen LogP contribution in [0.4, 0.5) is 0 Å². The van der Waals surface area contributed by atoms with E-state index in [4.69, 9.17) is 4.74 Å². The lowest BCUT2D eigenvalue weighted by Crippen LogP contribution is -2.03. The van der Waals surface area contributed by atoms with Gasteiger partial charge in [-0.25, -0.2) is 4.99 Å². The standard InChI is InChI=1S/C10H20N2O/c1-8(2)10(6-11-5)12-7-13-9(3)4/h6-9,11H,1-5H3/b10-6-,12-7+. The smallest absolute Gasteiger partial charge is 0.174 e. The number of ether oxygens (including phenoxy) is 1. The first-order valence-corrected chi connectivity index (χ1v) is 4.63. The predicted octanol–water partition coefficient (Wildman–Crippen LogP) is 2.16. The normalized spacial score (nSPS) is 13.0. The first kappa shape index (κ1) is 12.0. The number of hydrogen-bond donors (Lipinski definition) is 1. The molecule has 76 valence electrons. The topological polar surface area (TPSA) is 33.6 Å². The Kier molecular flexibility index (Phi) is 6.02. The molecule has 0 aromatic rings. The van der Waals surface area contributed by atoms with Gasteiger partial charge in [0.2, 0.25) is 0 Å². The van der Waals surface area contributed by atoms with Crippen molar-refractivity contribution in [1.29, 1.82) is 0 Å². The average Bonchev–Trinajstić information content (AvgIpc) is 2.02. The summed E-state index contributed by atoms with van der Waals surface area (Å²) in [6.07, 6.45) is 3.57. The van der Waals surface area contributed by atoms with Gasteiger partial charge < -0.3 is 10.1 Å². The molecule has 0 aliphatic rings. The molecule has 0 aliphatic carbocycles. The van der Waals surface area contributed by atoms with E-state index in [1.807, 2.05) is 27.1 Å². The zero-order valence-corrected chi connectivity index (χ0v) is 9.16. The van der Waals surface area contributed by atoms with Crippen molar-refractivity contribution in [3.8, 4) is 0 Å². The van der Waals surface area contributed by atoms with Crippen molar-refractivity contribution in [2.75, 3.05) is 7.05 Å². The molecule has 0 radical (unpaired) electrons. The highest BCUT2D eigenvalue weighted by atomic mass is 16.5. The Morgan fingerprint density at radius 1 is 1.31 bits per heavy atom. The quantitative estimate of drug-likeness (QED) is 0.524. The van der Waals surface area contributed by atoms with Crippen molar-refractivity contribution in [3.63, 3.8) is 0 Å². The highest BCUT2D eigenvalue weighted by Gasteiger charge is 1.99. The van der Waals surface area contributed by atoms with Gasteiger partial charge in [-0.05, 0) is 19.8 Å². The summed E-state index contributed by atoms with van der Waals surface area (Å²) in [5.74, 6) is 0.402. The Hall–Kier alpha value is -0.990. The third kappa shape index (κ3) is 6.20. The van der Waals surface area contributed by atoms with Gasteiger partial charge in [0, 0.05) is 13.2 Å². The van der Waals surface area contributed by atoms with E-state index < -0.39 is 0 Å². The Bertz CT molecular complexity index is 183. The third-order valence-electron chi connectivity index (χ3n) is 1.42. The number of nitrogens with one attached hydrogen (secondary N) is 1. The molecule has 0 atom stereocenters. The summed E-state index contributed by atoms with van der Waals surface area (Å²) in [7, 11) is 1.86. The summed E-state index contributed by atoms with van der Waals surface area (Å²) in [6, 6.07) is 0. The molecule has 0 amide bonds. The molecule has 0 unspecified atom stereocenters. The molecule has 0 spiro atoms. The second kappa shape index (κ2) is 6.52. The molecule has 0 bridgehead atoms. The van der Waals surface area contributed by atoms with Crippen molar-refractivity contribution in [1.82, 2.24) is 5.32 Å². The van der Waals surface area contributed by atoms with Crippen molar-refractivity contribution in [2.45, 2.75) is 33.8 Å². The molecule has 3 nitrogen and oxygen atoms in total. The van der Waals surface area contributed by atoms with Crippen LogP contribution in [0.25, 0.3) is 0 Å². The molecule has 0 aromatic carbocycles. The van der Waals surface area contributed by atoms with Gasteiger partial charge in [0.15, 0.2) is 6.40 Å². The predicted molar refractivity (Wildman–Crippen MR) is 56.7 cm³/mol. The van der Waals surface area contributed by atoms with Gasteiger partial charge in [-0.3, -0.25) is 0 Å². The molecule has 3 heteroatoms. The summed E-state index contributed by atoms with van der Waals surface area (Å²) >= 11 is 0. The number of hydrogen-bond acceptors (Lipinski definition) is 3. The van der Waals surface area contributed by atoms with E-state index >= 15 is 0 Å². The summed E-state index contributed by atoms with van der Waals surface area (Å²) in [5, 5.41) is 2.96. The second-order valence-electron chi connectivity index (χ2n) is 3.43. The fourth-order valence-corrected chi connectivity index (χ4v) is 0.714. The van der Waals surface area contributed by atoms with Crippen LogP contribution in [-0.4, -0.2) is 19.6 Å². The maximum absolute atomic E-state index is 5.21. The molecule has 0 rings (SSSR count). The van der Waals surface area contributed by atoms with E-state index in [1.165, 1.54) is 6.40 Å². The molecule has 0 saturated heterocycles. The van der Waals surface area contributed by atoms with E-state index in [0.717, 1.165) is 5.70 Å². The van der Waals surface area contributed by atoms with E-state index in [0.29, 0.717) is 5.92 Å². The number of rotatable bonds is 5. The van der Waals surface area contributed by atoms with Crippen LogP contribution in [0, 0.1) is 5.92 Å². The monoisotopic (exact) mass is 184 g/mol. The Labute approximate surface area is 80.9 Å². The lowest BCUT2D eigenvalue weighted by atomic mass is 10.1. The third-order valence-corrected chi connectivity index (χ3v) is 1.42. The number of aliphatic imine (C=N–C) groups is 1. The minimum absolute atomic E-state index is 0.187. The van der Waals surface area contributed by atoms with Crippen LogP contribution in [0.1, 0.15) is 27.7 Å². The van der Waals surface area contributed by atoms with Gasteiger partial charge in [0.05, 0.1) is 11.8 Å². The number of nitrogens with zero attached hydrogens (tertiary/aromatic N) is 1. The zero-order chi connectivity index (χ0) is 10.3. The van der Waals surface area contributed by atoms with Gasteiger partial charge in [-0.2, -0.15) is 0 Å². The highest BCUT2D eigenvalue weighted by Crippen LogP contribution is 2.08. The van der Waals surface area contributed by atoms with Crippen molar-refractivity contribution in [3.05, 3.63) is 11.9 Å². The van der Waals surface area contributed by atoms with E-state index in [1.54, 1.807) is 0 Å². The average molecular weight is 184 g/mol. The summed E-state index contributed by atoms with van der Waals surface area (Å²) < 4.78 is 5.21. The van der Waals surface area contributed by atoms with Crippen LogP contribution in [0.5, 0.6) is 0 Å². The van der Waals surface area contributed by atoms with E-state index in [2.05, 4.69) is 24.2 Å². The maximum atomic E-state index is 5.21.